The highest BCUT2D eigenvalue weighted by Crippen LogP contribution is 2.38. The fraction of sp³-hybridized carbons (Fsp3) is 0.786. The minimum absolute atomic E-state index is 0.234. The number of aromatic nitrogens is 2. The van der Waals surface area contributed by atoms with Crippen molar-refractivity contribution in [3.63, 3.8) is 0 Å². The van der Waals surface area contributed by atoms with Gasteiger partial charge in [-0.05, 0) is 44.1 Å². The van der Waals surface area contributed by atoms with Gasteiger partial charge in [-0.2, -0.15) is 5.10 Å². The van der Waals surface area contributed by atoms with Gasteiger partial charge in [0.05, 0.1) is 11.8 Å². The SMILES string of the molecule is CCC(C)n1ccc(CC(O)C(C)C2CC2)n1. The van der Waals surface area contributed by atoms with Gasteiger partial charge in [0.15, 0.2) is 0 Å². The first kappa shape index (κ1) is 12.6. The van der Waals surface area contributed by atoms with Crippen LogP contribution >= 0.6 is 0 Å². The van der Waals surface area contributed by atoms with Gasteiger partial charge in [0.1, 0.15) is 0 Å². The maximum Gasteiger partial charge on any atom is 0.0650 e. The summed E-state index contributed by atoms with van der Waals surface area (Å²) < 4.78 is 2.00. The van der Waals surface area contributed by atoms with Crippen molar-refractivity contribution in [1.82, 2.24) is 9.78 Å². The van der Waals surface area contributed by atoms with Crippen molar-refractivity contribution in [1.29, 1.82) is 0 Å². The first-order valence-electron chi connectivity index (χ1n) is 6.84. The molecule has 0 saturated heterocycles. The predicted molar refractivity (Wildman–Crippen MR) is 68.8 cm³/mol. The van der Waals surface area contributed by atoms with Crippen molar-refractivity contribution >= 4 is 0 Å². The van der Waals surface area contributed by atoms with Crippen LogP contribution in [0, 0.1) is 11.8 Å². The van der Waals surface area contributed by atoms with E-state index in [0.717, 1.165) is 18.0 Å². The Morgan fingerprint density at radius 2 is 2.18 bits per heavy atom. The highest BCUT2D eigenvalue weighted by Gasteiger charge is 2.32. The van der Waals surface area contributed by atoms with E-state index in [9.17, 15) is 5.11 Å². The topological polar surface area (TPSA) is 38.0 Å². The van der Waals surface area contributed by atoms with Gasteiger partial charge in [-0.1, -0.05) is 13.8 Å². The Hall–Kier alpha value is -0.830. The third-order valence-corrected chi connectivity index (χ3v) is 4.10. The molecule has 0 amide bonds. The van der Waals surface area contributed by atoms with E-state index in [-0.39, 0.29) is 6.10 Å². The molecular formula is C14H24N2O. The second kappa shape index (κ2) is 5.21. The molecule has 1 saturated carbocycles. The average molecular weight is 236 g/mol. The molecule has 1 aliphatic rings. The van der Waals surface area contributed by atoms with Crippen molar-refractivity contribution in [2.45, 2.75) is 58.6 Å². The Morgan fingerprint density at radius 1 is 1.47 bits per heavy atom. The summed E-state index contributed by atoms with van der Waals surface area (Å²) in [5.74, 6) is 1.17. The lowest BCUT2D eigenvalue weighted by atomic mass is 9.96. The van der Waals surface area contributed by atoms with Crippen LogP contribution in [-0.2, 0) is 6.42 Å². The zero-order chi connectivity index (χ0) is 12.4. The van der Waals surface area contributed by atoms with E-state index >= 15 is 0 Å². The van der Waals surface area contributed by atoms with Crippen LogP contribution in [0.25, 0.3) is 0 Å². The molecule has 0 aromatic carbocycles. The molecule has 3 atom stereocenters. The molecule has 3 nitrogen and oxygen atoms in total. The smallest absolute Gasteiger partial charge is 0.0650 e. The molecule has 0 bridgehead atoms. The quantitative estimate of drug-likeness (QED) is 0.824. The molecule has 0 aliphatic heterocycles. The number of aliphatic hydroxyl groups excluding tert-OH is 1. The Bertz CT molecular complexity index is 357. The maximum atomic E-state index is 10.1. The number of nitrogens with zero attached hydrogens (tertiary/aromatic N) is 2. The summed E-state index contributed by atoms with van der Waals surface area (Å²) in [4.78, 5) is 0. The highest BCUT2D eigenvalue weighted by atomic mass is 16.3. The second-order valence-corrected chi connectivity index (χ2v) is 5.51. The van der Waals surface area contributed by atoms with Crippen LogP contribution in [-0.4, -0.2) is 21.0 Å². The molecule has 0 radical (unpaired) electrons. The Labute approximate surface area is 104 Å². The van der Waals surface area contributed by atoms with E-state index in [2.05, 4.69) is 25.9 Å². The molecule has 1 heterocycles. The van der Waals surface area contributed by atoms with Crippen LogP contribution in [0.4, 0.5) is 0 Å². The summed E-state index contributed by atoms with van der Waals surface area (Å²) in [6.45, 7) is 6.49. The van der Waals surface area contributed by atoms with E-state index < -0.39 is 0 Å². The van der Waals surface area contributed by atoms with Gasteiger partial charge in [-0.25, -0.2) is 0 Å². The molecular weight excluding hydrogens is 212 g/mol. The van der Waals surface area contributed by atoms with Gasteiger partial charge in [0.2, 0.25) is 0 Å². The van der Waals surface area contributed by atoms with Crippen molar-refractivity contribution in [2.24, 2.45) is 11.8 Å². The summed E-state index contributed by atoms with van der Waals surface area (Å²) in [7, 11) is 0. The minimum atomic E-state index is -0.234. The van der Waals surface area contributed by atoms with Crippen molar-refractivity contribution in [2.75, 3.05) is 0 Å². The number of hydrogen-bond acceptors (Lipinski definition) is 2. The Balaban J connectivity index is 1.91. The fourth-order valence-electron chi connectivity index (χ4n) is 2.26. The summed E-state index contributed by atoms with van der Waals surface area (Å²) in [5.41, 5.74) is 1.02. The third-order valence-electron chi connectivity index (χ3n) is 4.10. The van der Waals surface area contributed by atoms with E-state index in [0.29, 0.717) is 18.4 Å². The van der Waals surface area contributed by atoms with Crippen LogP contribution in [0.2, 0.25) is 0 Å². The average Bonchev–Trinajstić information content (AvgIpc) is 3.08. The van der Waals surface area contributed by atoms with Gasteiger partial charge in [0.25, 0.3) is 0 Å². The van der Waals surface area contributed by atoms with Gasteiger partial charge < -0.3 is 5.11 Å². The molecule has 96 valence electrons. The molecule has 1 aromatic rings. The van der Waals surface area contributed by atoms with Crippen LogP contribution < -0.4 is 0 Å². The molecule has 3 heteroatoms. The van der Waals surface area contributed by atoms with E-state index in [4.69, 9.17) is 0 Å². The number of rotatable bonds is 6. The lowest BCUT2D eigenvalue weighted by Gasteiger charge is -2.17. The van der Waals surface area contributed by atoms with Crippen LogP contribution in [0.1, 0.15) is 51.8 Å². The van der Waals surface area contributed by atoms with Gasteiger partial charge >= 0.3 is 0 Å². The molecule has 1 aliphatic carbocycles. The Morgan fingerprint density at radius 3 is 2.76 bits per heavy atom. The van der Waals surface area contributed by atoms with Gasteiger partial charge in [-0.3, -0.25) is 4.68 Å². The van der Waals surface area contributed by atoms with E-state index in [1.165, 1.54) is 12.8 Å². The maximum absolute atomic E-state index is 10.1. The van der Waals surface area contributed by atoms with Crippen LogP contribution in [0.3, 0.4) is 0 Å². The molecule has 1 N–H and O–H groups in total. The van der Waals surface area contributed by atoms with Gasteiger partial charge in [-0.15, -0.1) is 0 Å². The lowest BCUT2D eigenvalue weighted by Crippen LogP contribution is -2.22. The molecule has 1 fully saturated rings. The van der Waals surface area contributed by atoms with Crippen molar-refractivity contribution in [3.05, 3.63) is 18.0 Å². The minimum Gasteiger partial charge on any atom is -0.392 e. The standard InChI is InChI=1S/C14H24N2O/c1-4-10(2)16-8-7-13(15-16)9-14(17)11(3)12-5-6-12/h7-8,10-12,14,17H,4-6,9H2,1-3H3. The first-order valence-corrected chi connectivity index (χ1v) is 6.84. The van der Waals surface area contributed by atoms with Crippen molar-refractivity contribution in [3.8, 4) is 0 Å². The zero-order valence-electron chi connectivity index (χ0n) is 11.1. The molecule has 1 aromatic heterocycles. The fourth-order valence-corrected chi connectivity index (χ4v) is 2.26. The van der Waals surface area contributed by atoms with Gasteiger partial charge in [0, 0.05) is 18.7 Å². The third kappa shape index (κ3) is 3.09. The predicted octanol–water partition coefficient (Wildman–Crippen LogP) is 2.80. The molecule has 0 spiro atoms. The van der Waals surface area contributed by atoms with E-state index in [1.54, 1.807) is 0 Å². The monoisotopic (exact) mass is 236 g/mol. The van der Waals surface area contributed by atoms with Crippen LogP contribution in [0.15, 0.2) is 12.3 Å². The van der Waals surface area contributed by atoms with E-state index in [1.807, 2.05) is 16.9 Å². The highest BCUT2D eigenvalue weighted by molar-refractivity contribution is 5.02. The summed E-state index contributed by atoms with van der Waals surface area (Å²) in [5, 5.41) is 14.7. The largest absolute Gasteiger partial charge is 0.392 e. The Kier molecular flexibility index (Phi) is 3.87. The van der Waals surface area contributed by atoms with Crippen LogP contribution in [0.5, 0.6) is 0 Å². The number of aliphatic hydroxyl groups is 1. The normalized spacial score (nSPS) is 21.2. The summed E-state index contributed by atoms with van der Waals surface area (Å²) >= 11 is 0. The molecule has 3 unspecified atom stereocenters. The zero-order valence-corrected chi connectivity index (χ0v) is 11.1. The molecule has 2 rings (SSSR count). The summed E-state index contributed by atoms with van der Waals surface area (Å²) in [6, 6.07) is 2.48. The summed E-state index contributed by atoms with van der Waals surface area (Å²) in [6.07, 6.45) is 6.16. The second-order valence-electron chi connectivity index (χ2n) is 5.51. The first-order chi connectivity index (χ1) is 8.11. The lowest BCUT2D eigenvalue weighted by molar-refractivity contribution is 0.104. The number of hydrogen-bond donors (Lipinski definition) is 1. The van der Waals surface area contributed by atoms with Crippen molar-refractivity contribution < 1.29 is 5.11 Å². The molecule has 17 heavy (non-hydrogen) atoms.